The normalized spacial score (nSPS) is 21.4. The van der Waals surface area contributed by atoms with Crippen LogP contribution in [-0.2, 0) is 4.79 Å². The molecule has 0 radical (unpaired) electrons. The van der Waals surface area contributed by atoms with E-state index in [1.165, 1.54) is 31.8 Å². The van der Waals surface area contributed by atoms with Gasteiger partial charge in [0, 0.05) is 29.6 Å². The molecule has 1 saturated carbocycles. The van der Waals surface area contributed by atoms with Crippen LogP contribution in [0.5, 0.6) is 0 Å². The van der Waals surface area contributed by atoms with Crippen LogP contribution in [0.1, 0.15) is 43.2 Å². The van der Waals surface area contributed by atoms with Crippen LogP contribution in [0.3, 0.4) is 0 Å². The largest absolute Gasteiger partial charge is 0.385 e. The topological polar surface area (TPSA) is 53.2 Å². The van der Waals surface area contributed by atoms with E-state index in [0.29, 0.717) is 11.3 Å². The van der Waals surface area contributed by atoms with Crippen LogP contribution in [0.25, 0.3) is 11.8 Å². The van der Waals surface area contributed by atoms with Crippen LogP contribution in [0.2, 0.25) is 0 Å². The van der Waals surface area contributed by atoms with Gasteiger partial charge >= 0.3 is 0 Å². The lowest BCUT2D eigenvalue weighted by Crippen LogP contribution is -2.22. The van der Waals surface area contributed by atoms with Gasteiger partial charge in [0.2, 0.25) is 0 Å². The van der Waals surface area contributed by atoms with Crippen molar-refractivity contribution in [2.24, 2.45) is 5.92 Å². The van der Waals surface area contributed by atoms with Gasteiger partial charge in [-0.15, -0.1) is 0 Å². The molecule has 0 spiro atoms. The SMILES string of the molecule is C=C(NCCC1CCCC1)c1ccc2c(c1)NC(=O)/C(NS)=C/C(F)=C\2. The average molecular weight is 373 g/mol. The lowest BCUT2D eigenvalue weighted by Gasteiger charge is -2.17. The number of rotatable bonds is 6. The van der Waals surface area contributed by atoms with E-state index in [-0.39, 0.29) is 5.70 Å². The number of carbonyl (C=O) groups excluding carboxylic acids is 1. The minimum atomic E-state index is -0.515. The van der Waals surface area contributed by atoms with Crippen molar-refractivity contribution >= 4 is 36.2 Å². The van der Waals surface area contributed by atoms with Crippen molar-refractivity contribution < 1.29 is 9.18 Å². The third-order valence-corrected chi connectivity index (χ3v) is 5.20. The number of nitrogens with one attached hydrogen (secondary N) is 3. The standard InChI is InChI=1S/C20H24FN3OS/c1-13(22-9-8-14-4-2-3-5-14)15-6-7-16-10-17(21)12-19(24-26)20(25)23-18(16)11-15/h6-7,10-12,14,22,24,26H,1-5,8-9H2,(H,23,25). The van der Waals surface area contributed by atoms with E-state index in [2.05, 4.69) is 34.7 Å². The van der Waals surface area contributed by atoms with Crippen LogP contribution in [-0.4, -0.2) is 12.5 Å². The zero-order valence-electron chi connectivity index (χ0n) is 14.6. The highest BCUT2D eigenvalue weighted by atomic mass is 32.1. The third-order valence-electron chi connectivity index (χ3n) is 4.96. The molecule has 0 saturated heterocycles. The van der Waals surface area contributed by atoms with Crippen LogP contribution < -0.4 is 15.4 Å². The molecule has 0 aromatic heterocycles. The first-order valence-electron chi connectivity index (χ1n) is 8.94. The lowest BCUT2D eigenvalue weighted by atomic mass is 10.0. The van der Waals surface area contributed by atoms with Crippen molar-refractivity contribution in [3.63, 3.8) is 0 Å². The number of amides is 1. The fraction of sp³-hybridized carbons (Fsp3) is 0.350. The lowest BCUT2D eigenvalue weighted by molar-refractivity contribution is -0.113. The predicted octanol–water partition coefficient (Wildman–Crippen LogP) is 4.41. The molecule has 6 heteroatoms. The number of hydrogen-bond donors (Lipinski definition) is 4. The maximum Gasteiger partial charge on any atom is 0.272 e. The Balaban J connectivity index is 1.71. The first kappa shape index (κ1) is 18.6. The highest BCUT2D eigenvalue weighted by Gasteiger charge is 2.17. The van der Waals surface area contributed by atoms with Crippen molar-refractivity contribution in [3.8, 4) is 0 Å². The predicted molar refractivity (Wildman–Crippen MR) is 108 cm³/mol. The van der Waals surface area contributed by atoms with Gasteiger partial charge in [-0.2, -0.15) is 0 Å². The number of fused-ring (bicyclic) bond motifs is 1. The maximum atomic E-state index is 14.0. The molecule has 1 aromatic carbocycles. The quantitative estimate of drug-likeness (QED) is 0.559. The molecule has 1 aliphatic heterocycles. The first-order chi connectivity index (χ1) is 12.6. The third kappa shape index (κ3) is 4.49. The first-order valence-corrected chi connectivity index (χ1v) is 9.39. The maximum absolute atomic E-state index is 14.0. The van der Waals surface area contributed by atoms with E-state index >= 15 is 0 Å². The smallest absolute Gasteiger partial charge is 0.272 e. The Morgan fingerprint density at radius 2 is 2.08 bits per heavy atom. The molecule has 4 nitrogen and oxygen atoms in total. The van der Waals surface area contributed by atoms with Gasteiger partial charge in [0.1, 0.15) is 11.5 Å². The monoisotopic (exact) mass is 373 g/mol. The summed E-state index contributed by atoms with van der Waals surface area (Å²) < 4.78 is 16.4. The number of halogens is 1. The summed E-state index contributed by atoms with van der Waals surface area (Å²) in [4.78, 5) is 12.2. The van der Waals surface area contributed by atoms with Crippen molar-refractivity contribution in [1.82, 2.24) is 10.0 Å². The van der Waals surface area contributed by atoms with Crippen LogP contribution >= 0.6 is 12.8 Å². The van der Waals surface area contributed by atoms with Crippen LogP contribution in [0.4, 0.5) is 10.1 Å². The molecule has 138 valence electrons. The summed E-state index contributed by atoms with van der Waals surface area (Å²) in [6.07, 6.45) is 8.98. The summed E-state index contributed by atoms with van der Waals surface area (Å²) in [6, 6.07) is 5.47. The van der Waals surface area contributed by atoms with Crippen molar-refractivity contribution in [1.29, 1.82) is 0 Å². The molecule has 1 aromatic rings. The molecule has 1 heterocycles. The zero-order chi connectivity index (χ0) is 18.5. The van der Waals surface area contributed by atoms with Gasteiger partial charge in [-0.25, -0.2) is 4.39 Å². The molecular formula is C20H24FN3OS. The van der Waals surface area contributed by atoms with Crippen molar-refractivity contribution in [3.05, 3.63) is 53.5 Å². The summed E-state index contributed by atoms with van der Waals surface area (Å²) in [7, 11) is 0. The fourth-order valence-electron chi connectivity index (χ4n) is 3.47. The summed E-state index contributed by atoms with van der Waals surface area (Å²) in [5.41, 5.74) is 2.86. The van der Waals surface area contributed by atoms with E-state index in [1.807, 2.05) is 12.1 Å². The minimum Gasteiger partial charge on any atom is -0.385 e. The van der Waals surface area contributed by atoms with E-state index in [1.54, 1.807) is 6.07 Å². The average Bonchev–Trinajstić information content (AvgIpc) is 3.13. The van der Waals surface area contributed by atoms with Crippen LogP contribution in [0.15, 0.2) is 42.4 Å². The van der Waals surface area contributed by atoms with Gasteiger partial charge in [-0.05, 0) is 30.0 Å². The van der Waals surface area contributed by atoms with E-state index in [4.69, 9.17) is 0 Å². The van der Waals surface area contributed by atoms with Crippen molar-refractivity contribution in [2.45, 2.75) is 32.1 Å². The number of carbonyl (C=O) groups is 1. The Labute approximate surface area is 159 Å². The number of thiol groups is 1. The summed E-state index contributed by atoms with van der Waals surface area (Å²) in [5, 5.41) is 6.15. The Morgan fingerprint density at radius 3 is 2.81 bits per heavy atom. The Bertz CT molecular complexity index is 766. The zero-order valence-corrected chi connectivity index (χ0v) is 15.5. The Morgan fingerprint density at radius 1 is 1.31 bits per heavy atom. The molecule has 0 atom stereocenters. The van der Waals surface area contributed by atoms with Gasteiger partial charge in [0.05, 0.1) is 0 Å². The number of hydrogen-bond acceptors (Lipinski definition) is 4. The van der Waals surface area contributed by atoms with Gasteiger partial charge < -0.3 is 15.4 Å². The molecule has 0 bridgehead atoms. The van der Waals surface area contributed by atoms with Crippen LogP contribution in [0, 0.1) is 5.92 Å². The highest BCUT2D eigenvalue weighted by molar-refractivity contribution is 7.78. The number of benzene rings is 1. The highest BCUT2D eigenvalue weighted by Crippen LogP contribution is 2.28. The fourth-order valence-corrected chi connectivity index (χ4v) is 3.64. The second kappa shape index (κ2) is 8.45. The Hall–Kier alpha value is -2.21. The minimum absolute atomic E-state index is 0.0478. The second-order valence-corrected chi connectivity index (χ2v) is 7.02. The number of allylic oxidation sites excluding steroid dienone is 2. The summed E-state index contributed by atoms with van der Waals surface area (Å²) in [6.45, 7) is 4.98. The van der Waals surface area contributed by atoms with Gasteiger partial charge in [0.15, 0.2) is 0 Å². The molecule has 3 N–H and O–H groups in total. The molecular weight excluding hydrogens is 349 g/mol. The second-order valence-electron chi connectivity index (χ2n) is 6.80. The number of anilines is 1. The molecule has 2 aliphatic rings. The summed E-state index contributed by atoms with van der Waals surface area (Å²) in [5.74, 6) is -0.141. The van der Waals surface area contributed by atoms with Gasteiger partial charge in [-0.3, -0.25) is 4.79 Å². The molecule has 26 heavy (non-hydrogen) atoms. The molecule has 1 amide bonds. The summed E-state index contributed by atoms with van der Waals surface area (Å²) >= 11 is 3.85. The molecule has 3 rings (SSSR count). The Kier molecular flexibility index (Phi) is 6.04. The van der Waals surface area contributed by atoms with E-state index in [0.717, 1.165) is 36.2 Å². The van der Waals surface area contributed by atoms with Gasteiger partial charge in [-0.1, -0.05) is 57.2 Å². The van der Waals surface area contributed by atoms with Gasteiger partial charge in [0.25, 0.3) is 5.91 Å². The van der Waals surface area contributed by atoms with E-state index in [9.17, 15) is 9.18 Å². The molecule has 1 aliphatic carbocycles. The molecule has 0 unspecified atom stereocenters. The van der Waals surface area contributed by atoms with E-state index < -0.39 is 11.7 Å². The van der Waals surface area contributed by atoms with Crippen molar-refractivity contribution in [2.75, 3.05) is 11.9 Å². The molecule has 1 fully saturated rings.